The van der Waals surface area contributed by atoms with E-state index in [0.29, 0.717) is 5.56 Å². The summed E-state index contributed by atoms with van der Waals surface area (Å²) in [6.07, 6.45) is 3.36. The van der Waals surface area contributed by atoms with Crippen LogP contribution in [0.15, 0.2) is 24.5 Å². The topological polar surface area (TPSA) is 52.5 Å². The van der Waals surface area contributed by atoms with Gasteiger partial charge in [-0.15, -0.1) is 0 Å². The lowest BCUT2D eigenvalue weighted by molar-refractivity contribution is 1.31. The van der Waals surface area contributed by atoms with Gasteiger partial charge in [0.05, 0.1) is 5.56 Å². The predicted octanol–water partition coefficient (Wildman–Crippen LogP) is 2.46. The highest BCUT2D eigenvalue weighted by atomic mass is 14.8. The number of hydrogen-bond donors (Lipinski definition) is 1. The normalized spacial score (nSPS) is 8.69. The number of aromatic amines is 1. The maximum absolute atomic E-state index is 8.53. The molecule has 0 saturated carbocycles. The Morgan fingerprint density at radius 2 is 2.23 bits per heavy atom. The van der Waals surface area contributed by atoms with Crippen molar-refractivity contribution < 1.29 is 0 Å². The van der Waals surface area contributed by atoms with E-state index in [0.717, 1.165) is 11.0 Å². The van der Waals surface area contributed by atoms with Crippen LogP contribution >= 0.6 is 0 Å². The number of nitriles is 1. The fourth-order valence-corrected chi connectivity index (χ4v) is 1.00. The van der Waals surface area contributed by atoms with Crippen LogP contribution in [0.3, 0.4) is 0 Å². The first-order valence-corrected chi connectivity index (χ1v) is 4.23. The lowest BCUT2D eigenvalue weighted by Crippen LogP contribution is -1.78. The van der Waals surface area contributed by atoms with E-state index in [-0.39, 0.29) is 0 Å². The SMILES string of the molecule is CC.N#Cc1cnc2[nH]ccc2c1. The molecule has 13 heavy (non-hydrogen) atoms. The number of aromatic nitrogens is 2. The van der Waals surface area contributed by atoms with Crippen LogP contribution in [0.5, 0.6) is 0 Å². The van der Waals surface area contributed by atoms with E-state index in [1.807, 2.05) is 26.0 Å². The second-order valence-corrected chi connectivity index (χ2v) is 2.25. The van der Waals surface area contributed by atoms with Crippen molar-refractivity contribution in [2.24, 2.45) is 0 Å². The number of nitrogens with one attached hydrogen (secondary N) is 1. The molecule has 3 heteroatoms. The maximum atomic E-state index is 8.53. The Labute approximate surface area is 77.0 Å². The van der Waals surface area contributed by atoms with Crippen LogP contribution in [-0.2, 0) is 0 Å². The van der Waals surface area contributed by atoms with Crippen molar-refractivity contribution in [3.05, 3.63) is 30.1 Å². The van der Waals surface area contributed by atoms with Gasteiger partial charge in [0, 0.05) is 17.8 Å². The molecule has 3 nitrogen and oxygen atoms in total. The van der Waals surface area contributed by atoms with E-state index in [2.05, 4.69) is 9.97 Å². The maximum Gasteiger partial charge on any atom is 0.137 e. The van der Waals surface area contributed by atoms with Gasteiger partial charge in [-0.1, -0.05) is 13.8 Å². The van der Waals surface area contributed by atoms with Gasteiger partial charge in [-0.3, -0.25) is 0 Å². The quantitative estimate of drug-likeness (QED) is 0.665. The van der Waals surface area contributed by atoms with Crippen molar-refractivity contribution in [2.45, 2.75) is 13.8 Å². The van der Waals surface area contributed by atoms with Crippen molar-refractivity contribution in [1.29, 1.82) is 5.26 Å². The number of pyridine rings is 1. The molecular formula is C10H11N3. The fourth-order valence-electron chi connectivity index (χ4n) is 1.00. The van der Waals surface area contributed by atoms with Gasteiger partial charge in [-0.2, -0.15) is 5.26 Å². The third-order valence-electron chi connectivity index (χ3n) is 1.53. The molecule has 0 saturated heterocycles. The second kappa shape index (κ2) is 4.27. The smallest absolute Gasteiger partial charge is 0.137 e. The van der Waals surface area contributed by atoms with E-state index in [1.54, 1.807) is 18.5 Å². The van der Waals surface area contributed by atoms with Crippen molar-refractivity contribution in [3.63, 3.8) is 0 Å². The first-order valence-electron chi connectivity index (χ1n) is 4.23. The number of nitrogens with zero attached hydrogens (tertiary/aromatic N) is 2. The Kier molecular flexibility index (Phi) is 3.04. The van der Waals surface area contributed by atoms with Gasteiger partial charge in [0.2, 0.25) is 0 Å². The van der Waals surface area contributed by atoms with Gasteiger partial charge in [-0.05, 0) is 12.1 Å². The standard InChI is InChI=1S/C8H5N3.C2H6/c9-4-6-3-7-1-2-10-8(7)11-5-6;1-2/h1-3,5H,(H,10,11);1-2H3. The highest BCUT2D eigenvalue weighted by Gasteiger charge is 1.95. The molecule has 0 aliphatic heterocycles. The predicted molar refractivity (Wildman–Crippen MR) is 52.2 cm³/mol. The zero-order valence-electron chi connectivity index (χ0n) is 7.70. The second-order valence-electron chi connectivity index (χ2n) is 2.25. The summed E-state index contributed by atoms with van der Waals surface area (Å²) in [5.41, 5.74) is 1.42. The van der Waals surface area contributed by atoms with E-state index in [4.69, 9.17) is 5.26 Å². The lowest BCUT2D eigenvalue weighted by Gasteiger charge is -1.87. The lowest BCUT2D eigenvalue weighted by atomic mass is 10.2. The molecule has 66 valence electrons. The summed E-state index contributed by atoms with van der Waals surface area (Å²) in [5, 5.41) is 9.51. The molecule has 2 aromatic rings. The third kappa shape index (κ3) is 1.85. The summed E-state index contributed by atoms with van der Waals surface area (Å²) in [7, 11) is 0. The Morgan fingerprint density at radius 3 is 2.92 bits per heavy atom. The molecule has 0 unspecified atom stereocenters. The number of H-pyrrole nitrogens is 1. The van der Waals surface area contributed by atoms with Gasteiger partial charge in [-0.25, -0.2) is 4.98 Å². The molecule has 0 amide bonds. The Balaban J connectivity index is 0.000000396. The molecule has 0 aliphatic rings. The monoisotopic (exact) mass is 173 g/mol. The van der Waals surface area contributed by atoms with Crippen molar-refractivity contribution in [2.75, 3.05) is 0 Å². The number of hydrogen-bond acceptors (Lipinski definition) is 2. The van der Waals surface area contributed by atoms with Crippen LogP contribution in [0, 0.1) is 11.3 Å². The van der Waals surface area contributed by atoms with E-state index in [1.165, 1.54) is 0 Å². The molecule has 2 heterocycles. The number of rotatable bonds is 0. The van der Waals surface area contributed by atoms with Gasteiger partial charge in [0.1, 0.15) is 11.7 Å². The molecule has 0 fully saturated rings. The largest absolute Gasteiger partial charge is 0.346 e. The molecule has 0 aliphatic carbocycles. The molecule has 0 aromatic carbocycles. The minimum Gasteiger partial charge on any atom is -0.346 e. The fraction of sp³-hybridized carbons (Fsp3) is 0.200. The van der Waals surface area contributed by atoms with E-state index >= 15 is 0 Å². The van der Waals surface area contributed by atoms with E-state index in [9.17, 15) is 0 Å². The minimum atomic E-state index is 0.595. The van der Waals surface area contributed by atoms with Crippen LogP contribution in [0.25, 0.3) is 11.0 Å². The Bertz CT molecular complexity index is 423. The molecule has 1 N–H and O–H groups in total. The van der Waals surface area contributed by atoms with Gasteiger partial charge in [0.15, 0.2) is 0 Å². The Hall–Kier alpha value is -1.82. The summed E-state index contributed by atoms with van der Waals surface area (Å²) in [6.45, 7) is 4.00. The third-order valence-corrected chi connectivity index (χ3v) is 1.53. The minimum absolute atomic E-state index is 0.595. The van der Waals surface area contributed by atoms with Crippen LogP contribution in [0.1, 0.15) is 19.4 Å². The van der Waals surface area contributed by atoms with Crippen molar-refractivity contribution in [3.8, 4) is 6.07 Å². The molecular weight excluding hydrogens is 162 g/mol. The average Bonchev–Trinajstić information content (AvgIpc) is 2.67. The summed E-state index contributed by atoms with van der Waals surface area (Å²) in [4.78, 5) is 6.98. The summed E-state index contributed by atoms with van der Waals surface area (Å²) < 4.78 is 0. The van der Waals surface area contributed by atoms with Crippen molar-refractivity contribution >= 4 is 11.0 Å². The van der Waals surface area contributed by atoms with Crippen LogP contribution in [-0.4, -0.2) is 9.97 Å². The van der Waals surface area contributed by atoms with E-state index < -0.39 is 0 Å². The van der Waals surface area contributed by atoms with Gasteiger partial charge in [0.25, 0.3) is 0 Å². The van der Waals surface area contributed by atoms with Crippen LogP contribution in [0.2, 0.25) is 0 Å². The number of fused-ring (bicyclic) bond motifs is 1. The highest BCUT2D eigenvalue weighted by Crippen LogP contribution is 2.09. The van der Waals surface area contributed by atoms with Crippen LogP contribution in [0.4, 0.5) is 0 Å². The zero-order chi connectivity index (χ0) is 9.68. The first-order chi connectivity index (χ1) is 6.40. The summed E-state index contributed by atoms with van der Waals surface area (Å²) in [5.74, 6) is 0. The van der Waals surface area contributed by atoms with Crippen LogP contribution < -0.4 is 0 Å². The summed E-state index contributed by atoms with van der Waals surface area (Å²) >= 11 is 0. The molecule has 0 atom stereocenters. The molecule has 0 bridgehead atoms. The average molecular weight is 173 g/mol. The molecule has 0 spiro atoms. The highest BCUT2D eigenvalue weighted by molar-refractivity contribution is 5.76. The summed E-state index contributed by atoms with van der Waals surface area (Å²) in [6, 6.07) is 5.73. The molecule has 2 aromatic heterocycles. The molecule has 0 radical (unpaired) electrons. The van der Waals surface area contributed by atoms with Crippen molar-refractivity contribution in [1.82, 2.24) is 9.97 Å². The zero-order valence-corrected chi connectivity index (χ0v) is 7.70. The Morgan fingerprint density at radius 1 is 1.46 bits per heavy atom. The van der Waals surface area contributed by atoms with Gasteiger partial charge < -0.3 is 4.98 Å². The molecule has 2 rings (SSSR count). The van der Waals surface area contributed by atoms with Gasteiger partial charge >= 0.3 is 0 Å². The first kappa shape index (κ1) is 9.27.